The third-order valence-electron chi connectivity index (χ3n) is 7.91. The molecule has 5 rings (SSSR count). The Balaban J connectivity index is 1.27. The van der Waals surface area contributed by atoms with Crippen molar-refractivity contribution in [3.05, 3.63) is 100 Å². The van der Waals surface area contributed by atoms with Gasteiger partial charge < -0.3 is 24.4 Å². The summed E-state index contributed by atoms with van der Waals surface area (Å²) in [5, 5.41) is 4.28. The lowest BCUT2D eigenvalue weighted by molar-refractivity contribution is -0.142. The van der Waals surface area contributed by atoms with Crippen molar-refractivity contribution in [3.63, 3.8) is 0 Å². The molecule has 3 aromatic carbocycles. The van der Waals surface area contributed by atoms with Crippen molar-refractivity contribution < 1.29 is 23.8 Å². The van der Waals surface area contributed by atoms with Crippen LogP contribution in [0.25, 0.3) is 5.57 Å². The molecule has 0 unspecified atom stereocenters. The third-order valence-corrected chi connectivity index (χ3v) is 8.22. The van der Waals surface area contributed by atoms with Crippen LogP contribution < -0.4 is 14.8 Å². The second-order valence-electron chi connectivity index (χ2n) is 10.8. The summed E-state index contributed by atoms with van der Waals surface area (Å²) in [6, 6.07) is 23.7. The van der Waals surface area contributed by atoms with E-state index in [1.54, 1.807) is 14.0 Å². The van der Waals surface area contributed by atoms with E-state index in [4.69, 9.17) is 25.8 Å². The van der Waals surface area contributed by atoms with Crippen LogP contribution in [0.1, 0.15) is 36.5 Å². The number of para-hydroxylation sites is 2. The number of nitrogens with zero attached hydrogens (tertiary/aromatic N) is 1. The molecule has 220 valence electrons. The fraction of sp³-hybridized carbons (Fsp3) is 0.353. The number of rotatable bonds is 11. The van der Waals surface area contributed by atoms with Crippen LogP contribution >= 0.6 is 11.6 Å². The molecule has 2 aliphatic heterocycles. The Morgan fingerprint density at radius 2 is 1.71 bits per heavy atom. The standard InChI is InChI=1S/C34H37ClN2O5/c1-23(38)37-20-27-19-28(25-15-13-24(14-16-25)8-7-17-41-33-12-6-4-10-30(33)35)29(31(21-37)36-27)22-42-34(39)18-26-9-3-5-11-32(26)40-2/h3-6,9-16,27,31,36H,7-8,17-22H2,1-2H3/t27-,31-/m1/s1. The molecule has 2 aliphatic rings. The molecule has 1 amide bonds. The SMILES string of the molecule is COc1ccccc1CC(=O)OCC1=C(c2ccc(CCCOc3ccccc3Cl)cc2)C[C@@H]2CN(C(C)=O)C[C@H]1N2. The van der Waals surface area contributed by atoms with Crippen LogP contribution in [0.3, 0.4) is 0 Å². The Kier molecular flexibility index (Phi) is 9.82. The van der Waals surface area contributed by atoms with Gasteiger partial charge in [0, 0.05) is 31.6 Å². The molecule has 0 aliphatic carbocycles. The van der Waals surface area contributed by atoms with E-state index in [9.17, 15) is 9.59 Å². The van der Waals surface area contributed by atoms with E-state index in [0.717, 1.165) is 36.0 Å². The van der Waals surface area contributed by atoms with Gasteiger partial charge in [-0.15, -0.1) is 0 Å². The van der Waals surface area contributed by atoms with Gasteiger partial charge in [0.2, 0.25) is 5.91 Å². The number of hydrogen-bond acceptors (Lipinski definition) is 6. The quantitative estimate of drug-likeness (QED) is 0.236. The topological polar surface area (TPSA) is 77.1 Å². The lowest BCUT2D eigenvalue weighted by Gasteiger charge is -2.44. The van der Waals surface area contributed by atoms with Gasteiger partial charge in [-0.2, -0.15) is 0 Å². The van der Waals surface area contributed by atoms with E-state index in [1.807, 2.05) is 53.4 Å². The maximum atomic E-state index is 12.9. The normalized spacial score (nSPS) is 18.0. The second-order valence-corrected chi connectivity index (χ2v) is 11.2. The number of carbonyl (C=O) groups excluding carboxylic acids is 2. The van der Waals surface area contributed by atoms with Gasteiger partial charge in [-0.1, -0.05) is 66.2 Å². The van der Waals surface area contributed by atoms with Crippen molar-refractivity contribution in [1.29, 1.82) is 0 Å². The first-order valence-corrected chi connectivity index (χ1v) is 14.8. The van der Waals surface area contributed by atoms with E-state index in [0.29, 0.717) is 36.2 Å². The number of fused-ring (bicyclic) bond motifs is 2. The maximum Gasteiger partial charge on any atom is 0.310 e. The van der Waals surface area contributed by atoms with Gasteiger partial charge >= 0.3 is 5.97 Å². The summed E-state index contributed by atoms with van der Waals surface area (Å²) in [4.78, 5) is 27.0. The Labute approximate surface area is 252 Å². The van der Waals surface area contributed by atoms with Crippen LogP contribution in [0.5, 0.6) is 11.5 Å². The van der Waals surface area contributed by atoms with Gasteiger partial charge in [-0.05, 0) is 59.7 Å². The zero-order valence-corrected chi connectivity index (χ0v) is 24.9. The summed E-state index contributed by atoms with van der Waals surface area (Å²) in [6.07, 6.45) is 2.64. The van der Waals surface area contributed by atoms with Crippen LogP contribution in [0.2, 0.25) is 5.02 Å². The van der Waals surface area contributed by atoms with Crippen LogP contribution in [0, 0.1) is 0 Å². The number of ether oxygens (including phenoxy) is 3. The largest absolute Gasteiger partial charge is 0.496 e. The van der Waals surface area contributed by atoms with Crippen LogP contribution in [-0.4, -0.2) is 62.3 Å². The molecule has 0 radical (unpaired) electrons. The average molecular weight is 589 g/mol. The number of hydrogen-bond donors (Lipinski definition) is 1. The summed E-state index contributed by atoms with van der Waals surface area (Å²) in [5.74, 6) is 1.11. The lowest BCUT2D eigenvalue weighted by Crippen LogP contribution is -2.60. The number of esters is 1. The molecule has 1 fully saturated rings. The molecule has 0 aromatic heterocycles. The van der Waals surface area contributed by atoms with E-state index >= 15 is 0 Å². The van der Waals surface area contributed by atoms with Gasteiger partial charge in [0.15, 0.2) is 0 Å². The smallest absolute Gasteiger partial charge is 0.310 e. The molecule has 2 atom stereocenters. The molecule has 0 saturated carbocycles. The fourth-order valence-corrected chi connectivity index (χ4v) is 5.92. The summed E-state index contributed by atoms with van der Waals surface area (Å²) < 4.78 is 17.1. The van der Waals surface area contributed by atoms with Crippen molar-refractivity contribution in [2.45, 2.75) is 44.7 Å². The molecule has 8 heteroatoms. The van der Waals surface area contributed by atoms with E-state index < -0.39 is 0 Å². The first kappa shape index (κ1) is 29.7. The number of amides is 1. The predicted octanol–water partition coefficient (Wildman–Crippen LogP) is 5.49. The zero-order valence-electron chi connectivity index (χ0n) is 24.1. The highest BCUT2D eigenvalue weighted by Crippen LogP contribution is 2.34. The van der Waals surface area contributed by atoms with E-state index in [2.05, 4.69) is 29.6 Å². The summed E-state index contributed by atoms with van der Waals surface area (Å²) in [6.45, 7) is 3.58. The number of piperazine rings is 1. The molecule has 2 bridgehead atoms. The molecular formula is C34H37ClN2O5. The lowest BCUT2D eigenvalue weighted by atomic mass is 9.83. The van der Waals surface area contributed by atoms with E-state index in [1.165, 1.54) is 11.1 Å². The molecule has 7 nitrogen and oxygen atoms in total. The van der Waals surface area contributed by atoms with Gasteiger partial charge in [0.25, 0.3) is 0 Å². The molecule has 3 aromatic rings. The molecule has 42 heavy (non-hydrogen) atoms. The Morgan fingerprint density at radius 3 is 2.45 bits per heavy atom. The molecule has 0 spiro atoms. The second kappa shape index (κ2) is 13.9. The Hall–Kier alpha value is -3.81. The van der Waals surface area contributed by atoms with Gasteiger partial charge in [0.1, 0.15) is 18.1 Å². The van der Waals surface area contributed by atoms with Crippen molar-refractivity contribution in [3.8, 4) is 11.5 Å². The van der Waals surface area contributed by atoms with Gasteiger partial charge in [-0.25, -0.2) is 0 Å². The number of benzene rings is 3. The summed E-state index contributed by atoms with van der Waals surface area (Å²) in [7, 11) is 1.59. The van der Waals surface area contributed by atoms with Gasteiger partial charge in [-0.3, -0.25) is 9.59 Å². The number of halogens is 1. The Morgan fingerprint density at radius 1 is 0.976 bits per heavy atom. The average Bonchev–Trinajstić information content (AvgIpc) is 3.00. The highest BCUT2D eigenvalue weighted by atomic mass is 35.5. The zero-order chi connectivity index (χ0) is 29.5. The first-order chi connectivity index (χ1) is 20.4. The molecule has 1 N–H and O–H groups in total. The maximum absolute atomic E-state index is 12.9. The highest BCUT2D eigenvalue weighted by molar-refractivity contribution is 6.32. The fourth-order valence-electron chi connectivity index (χ4n) is 5.73. The van der Waals surface area contributed by atoms with Crippen LogP contribution in [0.4, 0.5) is 0 Å². The van der Waals surface area contributed by atoms with Gasteiger partial charge in [0.05, 0.1) is 31.2 Å². The third kappa shape index (κ3) is 7.33. The Bertz CT molecular complexity index is 1440. The van der Waals surface area contributed by atoms with Crippen molar-refractivity contribution in [2.24, 2.45) is 0 Å². The minimum atomic E-state index is -0.318. The monoisotopic (exact) mass is 588 g/mol. The number of carbonyl (C=O) groups is 2. The first-order valence-electron chi connectivity index (χ1n) is 14.4. The van der Waals surface area contributed by atoms with Crippen LogP contribution in [0.15, 0.2) is 78.4 Å². The number of aryl methyl sites for hydroxylation is 1. The highest BCUT2D eigenvalue weighted by Gasteiger charge is 2.36. The number of nitrogens with one attached hydrogen (secondary N) is 1. The molecule has 1 saturated heterocycles. The van der Waals surface area contributed by atoms with Crippen molar-refractivity contribution >= 4 is 29.1 Å². The summed E-state index contributed by atoms with van der Waals surface area (Å²) >= 11 is 6.18. The molecule has 2 heterocycles. The van der Waals surface area contributed by atoms with Crippen molar-refractivity contribution in [1.82, 2.24) is 10.2 Å². The van der Waals surface area contributed by atoms with Crippen LogP contribution in [-0.2, 0) is 27.2 Å². The minimum absolute atomic E-state index is 0.0605. The molecular weight excluding hydrogens is 552 g/mol. The number of methoxy groups -OCH3 is 1. The van der Waals surface area contributed by atoms with E-state index in [-0.39, 0.29) is 37.0 Å². The summed E-state index contributed by atoms with van der Waals surface area (Å²) in [5.41, 5.74) is 5.34. The van der Waals surface area contributed by atoms with Crippen molar-refractivity contribution in [2.75, 3.05) is 33.4 Å². The minimum Gasteiger partial charge on any atom is -0.496 e. The predicted molar refractivity (Wildman–Crippen MR) is 164 cm³/mol.